The molecule has 0 radical (unpaired) electrons. The number of nitrogens with zero attached hydrogens (tertiary/aromatic N) is 2. The van der Waals surface area contributed by atoms with Gasteiger partial charge in [-0.25, -0.2) is 0 Å². The summed E-state index contributed by atoms with van der Waals surface area (Å²) < 4.78 is 5.13. The van der Waals surface area contributed by atoms with Crippen molar-refractivity contribution in [3.05, 3.63) is 0 Å². The minimum absolute atomic E-state index is 0.0476. The highest BCUT2D eigenvalue weighted by atomic mass is 16.5. The normalized spacial score (nSPS) is 27.3. The van der Waals surface area contributed by atoms with Gasteiger partial charge in [0.15, 0.2) is 0 Å². The fourth-order valence-corrected chi connectivity index (χ4v) is 3.28. The van der Waals surface area contributed by atoms with Crippen LogP contribution in [-0.2, 0) is 14.3 Å². The first-order valence-corrected chi connectivity index (χ1v) is 8.62. The molecule has 2 aliphatic rings. The van der Waals surface area contributed by atoms with Crippen molar-refractivity contribution in [1.82, 2.24) is 20.4 Å². The van der Waals surface area contributed by atoms with Crippen LogP contribution in [0.25, 0.3) is 0 Å². The lowest BCUT2D eigenvalue weighted by molar-refractivity contribution is -0.129. The van der Waals surface area contributed by atoms with Crippen molar-refractivity contribution in [3.8, 4) is 0 Å². The van der Waals surface area contributed by atoms with E-state index < -0.39 is 0 Å². The van der Waals surface area contributed by atoms with E-state index in [1.165, 1.54) is 0 Å². The molecule has 7 heteroatoms. The van der Waals surface area contributed by atoms with Gasteiger partial charge in [-0.15, -0.1) is 0 Å². The van der Waals surface area contributed by atoms with Crippen LogP contribution in [-0.4, -0.2) is 86.7 Å². The molecule has 0 aromatic rings. The zero-order valence-electron chi connectivity index (χ0n) is 14.3. The van der Waals surface area contributed by atoms with Crippen LogP contribution in [0.1, 0.15) is 26.2 Å². The molecule has 0 aromatic heterocycles. The molecule has 0 bridgehead atoms. The third-order valence-electron chi connectivity index (χ3n) is 4.67. The van der Waals surface area contributed by atoms with E-state index in [1.54, 1.807) is 7.11 Å². The molecule has 7 nitrogen and oxygen atoms in total. The van der Waals surface area contributed by atoms with Gasteiger partial charge >= 0.3 is 0 Å². The second kappa shape index (κ2) is 9.20. The smallest absolute Gasteiger partial charge is 0.242 e. The van der Waals surface area contributed by atoms with Crippen LogP contribution in [0.3, 0.4) is 0 Å². The number of rotatable bonds is 6. The van der Waals surface area contributed by atoms with Crippen LogP contribution < -0.4 is 10.6 Å². The Bertz CT molecular complexity index is 405. The molecular weight excluding hydrogens is 296 g/mol. The highest BCUT2D eigenvalue weighted by Gasteiger charge is 2.26. The van der Waals surface area contributed by atoms with Crippen LogP contribution in [0.2, 0.25) is 0 Å². The number of ether oxygens (including phenoxy) is 1. The van der Waals surface area contributed by atoms with Crippen molar-refractivity contribution in [2.75, 3.05) is 53.0 Å². The van der Waals surface area contributed by atoms with Crippen LogP contribution in [0.4, 0.5) is 0 Å². The van der Waals surface area contributed by atoms with Gasteiger partial charge in [-0.05, 0) is 26.2 Å². The summed E-state index contributed by atoms with van der Waals surface area (Å²) in [6, 6.07) is 0.0401. The summed E-state index contributed by atoms with van der Waals surface area (Å²) >= 11 is 0. The molecule has 2 fully saturated rings. The summed E-state index contributed by atoms with van der Waals surface area (Å²) in [6.07, 6.45) is 2.69. The van der Waals surface area contributed by atoms with Gasteiger partial charge in [0.1, 0.15) is 6.04 Å². The summed E-state index contributed by atoms with van der Waals surface area (Å²) in [6.45, 7) is 7.62. The molecule has 0 spiro atoms. The molecule has 2 atom stereocenters. The van der Waals surface area contributed by atoms with E-state index in [0.29, 0.717) is 19.1 Å². The fourth-order valence-electron chi connectivity index (χ4n) is 3.28. The first kappa shape index (κ1) is 18.2. The number of methoxy groups -OCH3 is 1. The van der Waals surface area contributed by atoms with Crippen molar-refractivity contribution in [1.29, 1.82) is 0 Å². The molecule has 2 N–H and O–H groups in total. The maximum absolute atomic E-state index is 12.2. The van der Waals surface area contributed by atoms with E-state index in [9.17, 15) is 9.59 Å². The Balaban J connectivity index is 1.74. The number of amides is 2. The average molecular weight is 326 g/mol. The molecule has 2 amide bonds. The van der Waals surface area contributed by atoms with E-state index in [2.05, 4.69) is 27.4 Å². The lowest BCUT2D eigenvalue weighted by Crippen LogP contribution is -2.55. The van der Waals surface area contributed by atoms with Gasteiger partial charge in [-0.2, -0.15) is 0 Å². The van der Waals surface area contributed by atoms with Crippen LogP contribution in [0.5, 0.6) is 0 Å². The van der Waals surface area contributed by atoms with Gasteiger partial charge in [0.25, 0.3) is 0 Å². The van der Waals surface area contributed by atoms with Crippen molar-refractivity contribution in [2.45, 2.75) is 38.3 Å². The second-order valence-electron chi connectivity index (χ2n) is 6.52. The van der Waals surface area contributed by atoms with Gasteiger partial charge in [0.05, 0.1) is 13.2 Å². The van der Waals surface area contributed by atoms with Gasteiger partial charge in [-0.3, -0.25) is 19.4 Å². The van der Waals surface area contributed by atoms with Crippen molar-refractivity contribution in [3.63, 3.8) is 0 Å². The average Bonchev–Trinajstić information content (AvgIpc) is 2.71. The third-order valence-corrected chi connectivity index (χ3v) is 4.67. The van der Waals surface area contributed by atoms with E-state index in [4.69, 9.17) is 4.74 Å². The molecule has 23 heavy (non-hydrogen) atoms. The maximum Gasteiger partial charge on any atom is 0.242 e. The van der Waals surface area contributed by atoms with Crippen LogP contribution in [0.15, 0.2) is 0 Å². The van der Waals surface area contributed by atoms with Gasteiger partial charge < -0.3 is 15.4 Å². The zero-order valence-corrected chi connectivity index (χ0v) is 14.3. The molecule has 0 aliphatic carbocycles. The van der Waals surface area contributed by atoms with E-state index in [-0.39, 0.29) is 17.9 Å². The Morgan fingerprint density at radius 3 is 2.96 bits per heavy atom. The fraction of sp³-hybridized carbons (Fsp3) is 0.875. The summed E-state index contributed by atoms with van der Waals surface area (Å²) in [5.74, 6) is -0.0989. The Labute approximate surface area is 138 Å². The standard InChI is InChI=1S/C16H30N4O3/c1-13-11-19(7-8-20(13)9-10-23-2)12-15(21)18-14-5-3-4-6-17-16(14)22/h13-14H,3-12H2,1-2H3,(H,17,22)(H,18,21)/t13-,14+/m0/s1. The monoisotopic (exact) mass is 326 g/mol. The van der Waals surface area contributed by atoms with Crippen LogP contribution >= 0.6 is 0 Å². The second-order valence-corrected chi connectivity index (χ2v) is 6.52. The Morgan fingerprint density at radius 2 is 2.22 bits per heavy atom. The summed E-state index contributed by atoms with van der Waals surface area (Å²) in [5.41, 5.74) is 0. The van der Waals surface area contributed by atoms with Gasteiger partial charge in [0, 0.05) is 45.9 Å². The molecule has 132 valence electrons. The number of nitrogens with one attached hydrogen (secondary N) is 2. The number of carbonyl (C=O) groups is 2. The zero-order chi connectivity index (χ0) is 16.7. The Morgan fingerprint density at radius 1 is 1.39 bits per heavy atom. The lowest BCUT2D eigenvalue weighted by Gasteiger charge is -2.39. The number of piperazine rings is 1. The highest BCUT2D eigenvalue weighted by molar-refractivity contribution is 5.88. The molecule has 0 unspecified atom stereocenters. The van der Waals surface area contributed by atoms with Crippen molar-refractivity contribution in [2.24, 2.45) is 0 Å². The quantitative estimate of drug-likeness (QED) is 0.683. The molecule has 2 saturated heterocycles. The molecule has 2 heterocycles. The largest absolute Gasteiger partial charge is 0.383 e. The predicted molar refractivity (Wildman–Crippen MR) is 88.1 cm³/mol. The SMILES string of the molecule is COCCN1CCN(CC(=O)N[C@@H]2CCCCNC2=O)C[C@@H]1C. The molecular formula is C16H30N4O3. The topological polar surface area (TPSA) is 73.9 Å². The van der Waals surface area contributed by atoms with E-state index in [0.717, 1.165) is 52.0 Å². The van der Waals surface area contributed by atoms with Gasteiger partial charge in [-0.1, -0.05) is 0 Å². The van der Waals surface area contributed by atoms with Crippen molar-refractivity contribution < 1.29 is 14.3 Å². The Kier molecular flexibility index (Phi) is 7.26. The first-order chi connectivity index (χ1) is 11.1. The van der Waals surface area contributed by atoms with Crippen molar-refractivity contribution >= 4 is 11.8 Å². The third kappa shape index (κ3) is 5.75. The molecule has 0 aromatic carbocycles. The minimum atomic E-state index is -0.370. The number of carbonyl (C=O) groups excluding carboxylic acids is 2. The maximum atomic E-state index is 12.2. The molecule has 2 aliphatic heterocycles. The first-order valence-electron chi connectivity index (χ1n) is 8.62. The lowest BCUT2D eigenvalue weighted by atomic mass is 10.1. The number of hydrogen-bond acceptors (Lipinski definition) is 5. The number of hydrogen-bond donors (Lipinski definition) is 2. The summed E-state index contributed by atoms with van der Waals surface area (Å²) in [4.78, 5) is 28.7. The Hall–Kier alpha value is -1.18. The molecule has 0 saturated carbocycles. The molecule has 2 rings (SSSR count). The summed E-state index contributed by atoms with van der Waals surface area (Å²) in [5, 5.41) is 5.74. The summed E-state index contributed by atoms with van der Waals surface area (Å²) in [7, 11) is 1.72. The van der Waals surface area contributed by atoms with Gasteiger partial charge in [0.2, 0.25) is 11.8 Å². The van der Waals surface area contributed by atoms with E-state index >= 15 is 0 Å². The van der Waals surface area contributed by atoms with Crippen LogP contribution in [0, 0.1) is 0 Å². The predicted octanol–water partition coefficient (Wildman–Crippen LogP) is -0.576. The van der Waals surface area contributed by atoms with E-state index in [1.807, 2.05) is 0 Å². The minimum Gasteiger partial charge on any atom is -0.383 e. The highest BCUT2D eigenvalue weighted by Crippen LogP contribution is 2.09.